The van der Waals surface area contributed by atoms with E-state index >= 15 is 0 Å². The first kappa shape index (κ1) is 15.2. The number of aromatic nitrogens is 2. The van der Waals surface area contributed by atoms with Crippen LogP contribution in [0.1, 0.15) is 38.2 Å². The van der Waals surface area contributed by atoms with Crippen molar-refractivity contribution in [3.8, 4) is 17.0 Å². The third kappa shape index (κ3) is 2.79. The molecular weight excluding hydrogens is 302 g/mol. The molecule has 4 rings (SSSR count). The Morgan fingerprint density at radius 1 is 1.33 bits per heavy atom. The summed E-state index contributed by atoms with van der Waals surface area (Å²) in [5.74, 6) is 1.46. The van der Waals surface area contributed by atoms with Gasteiger partial charge in [0.1, 0.15) is 18.9 Å². The van der Waals surface area contributed by atoms with Crippen molar-refractivity contribution >= 4 is 5.91 Å². The molecule has 1 aromatic carbocycles. The molecule has 1 amide bonds. The number of rotatable bonds is 3. The summed E-state index contributed by atoms with van der Waals surface area (Å²) in [6, 6.07) is 8.22. The first-order chi connectivity index (χ1) is 11.7. The zero-order valence-corrected chi connectivity index (χ0v) is 14.0. The van der Waals surface area contributed by atoms with Crippen LogP contribution in [0.3, 0.4) is 0 Å². The molecule has 1 aliphatic heterocycles. The van der Waals surface area contributed by atoms with E-state index in [9.17, 15) is 4.79 Å². The van der Waals surface area contributed by atoms with Crippen molar-refractivity contribution in [1.82, 2.24) is 15.1 Å². The van der Waals surface area contributed by atoms with Crippen LogP contribution >= 0.6 is 0 Å². The molecule has 0 spiro atoms. The smallest absolute Gasteiger partial charge is 0.241 e. The van der Waals surface area contributed by atoms with Gasteiger partial charge in [0.2, 0.25) is 5.91 Å². The molecular formula is C19H23N3O2. The highest BCUT2D eigenvalue weighted by atomic mass is 16.5. The van der Waals surface area contributed by atoms with Gasteiger partial charge in [-0.05, 0) is 30.9 Å². The number of benzene rings is 1. The predicted octanol–water partition coefficient (Wildman–Crippen LogP) is 3.14. The Hall–Kier alpha value is -2.30. The largest absolute Gasteiger partial charge is 0.488 e. The zero-order chi connectivity index (χ0) is 16.5. The number of ether oxygens (including phenoxy) is 1. The molecule has 5 heteroatoms. The summed E-state index contributed by atoms with van der Waals surface area (Å²) >= 11 is 0. The molecule has 2 unspecified atom stereocenters. The topological polar surface area (TPSA) is 56.2 Å². The van der Waals surface area contributed by atoms with Crippen molar-refractivity contribution in [2.24, 2.45) is 5.92 Å². The molecule has 24 heavy (non-hydrogen) atoms. The average molecular weight is 325 g/mol. The van der Waals surface area contributed by atoms with Gasteiger partial charge in [-0.1, -0.05) is 31.9 Å². The molecule has 126 valence electrons. The van der Waals surface area contributed by atoms with Crippen LogP contribution in [-0.4, -0.2) is 21.7 Å². The van der Waals surface area contributed by atoms with Gasteiger partial charge in [-0.25, -0.2) is 0 Å². The third-order valence-electron chi connectivity index (χ3n) is 5.19. The molecule has 2 aliphatic rings. The average Bonchev–Trinajstić information content (AvgIpc) is 3.00. The summed E-state index contributed by atoms with van der Waals surface area (Å²) in [4.78, 5) is 12.5. The van der Waals surface area contributed by atoms with Crippen LogP contribution in [0.25, 0.3) is 11.3 Å². The molecule has 2 aromatic rings. The van der Waals surface area contributed by atoms with Crippen LogP contribution in [0.5, 0.6) is 5.75 Å². The number of hydrogen-bond donors (Lipinski definition) is 1. The number of nitrogens with one attached hydrogen (secondary N) is 1. The van der Waals surface area contributed by atoms with Crippen LogP contribution in [-0.2, 0) is 17.9 Å². The van der Waals surface area contributed by atoms with E-state index in [4.69, 9.17) is 4.74 Å². The normalized spacial score (nSPS) is 22.2. The Labute approximate surface area is 142 Å². The molecule has 0 bridgehead atoms. The van der Waals surface area contributed by atoms with Crippen LogP contribution < -0.4 is 10.1 Å². The maximum atomic E-state index is 12.5. The highest BCUT2D eigenvalue weighted by Crippen LogP contribution is 2.37. The molecule has 2 heterocycles. The summed E-state index contributed by atoms with van der Waals surface area (Å²) in [6.45, 7) is 2.99. The predicted molar refractivity (Wildman–Crippen MR) is 91.6 cm³/mol. The number of fused-ring (bicyclic) bond motifs is 3. The monoisotopic (exact) mass is 325 g/mol. The van der Waals surface area contributed by atoms with Gasteiger partial charge in [-0.3, -0.25) is 9.48 Å². The summed E-state index contributed by atoms with van der Waals surface area (Å²) in [5.41, 5.74) is 3.05. The third-order valence-corrected chi connectivity index (χ3v) is 5.19. The van der Waals surface area contributed by atoms with Gasteiger partial charge >= 0.3 is 0 Å². The maximum Gasteiger partial charge on any atom is 0.241 e. The van der Waals surface area contributed by atoms with E-state index in [0.717, 1.165) is 29.0 Å². The molecule has 1 N–H and O–H groups in total. The Morgan fingerprint density at radius 3 is 3.04 bits per heavy atom. The highest BCUT2D eigenvalue weighted by Gasteiger charge is 2.25. The van der Waals surface area contributed by atoms with Crippen molar-refractivity contribution in [2.45, 2.75) is 51.8 Å². The summed E-state index contributed by atoms with van der Waals surface area (Å²) in [7, 11) is 0. The van der Waals surface area contributed by atoms with E-state index in [0.29, 0.717) is 18.6 Å². The second kappa shape index (κ2) is 6.30. The fraction of sp³-hybridized carbons (Fsp3) is 0.474. The Morgan fingerprint density at radius 2 is 2.17 bits per heavy atom. The molecule has 5 nitrogen and oxygen atoms in total. The van der Waals surface area contributed by atoms with Crippen LogP contribution in [0, 0.1) is 5.92 Å². The second-order valence-corrected chi connectivity index (χ2v) is 6.90. The van der Waals surface area contributed by atoms with E-state index in [1.54, 1.807) is 4.68 Å². The van der Waals surface area contributed by atoms with E-state index < -0.39 is 0 Å². The Balaban J connectivity index is 1.52. The fourth-order valence-electron chi connectivity index (χ4n) is 3.82. The first-order valence-corrected chi connectivity index (χ1v) is 8.78. The van der Waals surface area contributed by atoms with E-state index in [2.05, 4.69) is 17.3 Å². The lowest BCUT2D eigenvalue weighted by Gasteiger charge is -2.29. The van der Waals surface area contributed by atoms with Gasteiger partial charge < -0.3 is 10.1 Å². The molecule has 1 aliphatic carbocycles. The maximum absolute atomic E-state index is 12.5. The van der Waals surface area contributed by atoms with Crippen LogP contribution in [0.15, 0.2) is 30.5 Å². The molecule has 0 radical (unpaired) electrons. The van der Waals surface area contributed by atoms with Gasteiger partial charge in [0, 0.05) is 17.2 Å². The van der Waals surface area contributed by atoms with Gasteiger partial charge in [-0.15, -0.1) is 0 Å². The molecule has 0 saturated heterocycles. The number of carbonyl (C=O) groups is 1. The molecule has 1 aromatic heterocycles. The highest BCUT2D eigenvalue weighted by molar-refractivity contribution is 5.78. The van der Waals surface area contributed by atoms with Gasteiger partial charge in [0.15, 0.2) is 0 Å². The summed E-state index contributed by atoms with van der Waals surface area (Å²) < 4.78 is 7.55. The number of amides is 1. The minimum absolute atomic E-state index is 0.0450. The van der Waals surface area contributed by atoms with Crippen molar-refractivity contribution in [1.29, 1.82) is 0 Å². The van der Waals surface area contributed by atoms with Crippen LogP contribution in [0.4, 0.5) is 0 Å². The number of hydrogen-bond acceptors (Lipinski definition) is 3. The summed E-state index contributed by atoms with van der Waals surface area (Å²) in [6.07, 6.45) is 6.57. The number of para-hydroxylation sites is 1. The van der Waals surface area contributed by atoms with Crippen molar-refractivity contribution in [2.75, 3.05) is 0 Å². The van der Waals surface area contributed by atoms with Crippen molar-refractivity contribution in [3.63, 3.8) is 0 Å². The minimum atomic E-state index is 0.0450. The number of nitrogens with zero attached hydrogens (tertiary/aromatic N) is 2. The summed E-state index contributed by atoms with van der Waals surface area (Å²) in [5, 5.41) is 7.63. The Bertz CT molecular complexity index is 753. The van der Waals surface area contributed by atoms with E-state index in [1.807, 2.05) is 30.5 Å². The van der Waals surface area contributed by atoms with Gasteiger partial charge in [0.25, 0.3) is 0 Å². The van der Waals surface area contributed by atoms with Crippen molar-refractivity contribution in [3.05, 3.63) is 36.0 Å². The standard InChI is InChI=1S/C19H23N3O2/c1-13-6-2-4-8-16(13)21-18(23)11-22-19-14(10-20-22)12-24-17-9-5-3-7-15(17)19/h3,5,7,9-10,13,16H,2,4,6,8,11-12H2,1H3,(H,21,23). The quantitative estimate of drug-likeness (QED) is 0.943. The zero-order valence-electron chi connectivity index (χ0n) is 14.0. The van der Waals surface area contributed by atoms with Gasteiger partial charge in [-0.2, -0.15) is 5.10 Å². The van der Waals surface area contributed by atoms with Gasteiger partial charge in [0.05, 0.1) is 11.9 Å². The number of carbonyl (C=O) groups excluding carboxylic acids is 1. The second-order valence-electron chi connectivity index (χ2n) is 6.90. The first-order valence-electron chi connectivity index (χ1n) is 8.78. The van der Waals surface area contributed by atoms with Crippen LogP contribution in [0.2, 0.25) is 0 Å². The fourth-order valence-corrected chi connectivity index (χ4v) is 3.82. The SMILES string of the molecule is CC1CCCCC1NC(=O)Cn1ncc2c1-c1ccccc1OC2. The van der Waals surface area contributed by atoms with E-state index in [-0.39, 0.29) is 12.5 Å². The van der Waals surface area contributed by atoms with E-state index in [1.165, 1.54) is 19.3 Å². The minimum Gasteiger partial charge on any atom is -0.488 e. The lowest BCUT2D eigenvalue weighted by Crippen LogP contribution is -2.42. The lowest BCUT2D eigenvalue weighted by atomic mass is 9.86. The molecule has 1 saturated carbocycles. The molecule has 1 fully saturated rings. The molecule has 2 atom stereocenters. The van der Waals surface area contributed by atoms with Crippen molar-refractivity contribution < 1.29 is 9.53 Å². The Kier molecular flexibility index (Phi) is 4.00. The lowest BCUT2D eigenvalue weighted by molar-refractivity contribution is -0.123.